The fraction of sp³-hybridized carbons (Fsp3) is 0.318. The molecule has 1 aliphatic rings. The molecule has 0 spiro atoms. The quantitative estimate of drug-likeness (QED) is 0.712. The molecule has 2 N–H and O–H groups in total. The van der Waals surface area contributed by atoms with Gasteiger partial charge in [0.15, 0.2) is 5.82 Å². The highest BCUT2D eigenvalue weighted by Crippen LogP contribution is 2.25. The summed E-state index contributed by atoms with van der Waals surface area (Å²) in [5.41, 5.74) is 7.74. The van der Waals surface area contributed by atoms with Gasteiger partial charge in [0.1, 0.15) is 0 Å². The Morgan fingerprint density at radius 2 is 1.76 bits per heavy atom. The van der Waals surface area contributed by atoms with Gasteiger partial charge in [-0.1, -0.05) is 55.5 Å². The summed E-state index contributed by atoms with van der Waals surface area (Å²) in [5, 5.41) is 4.59. The van der Waals surface area contributed by atoms with Crippen molar-refractivity contribution in [1.29, 1.82) is 0 Å². The van der Waals surface area contributed by atoms with Crippen LogP contribution >= 0.6 is 12.4 Å². The number of aromatic nitrogens is 3. The molecule has 0 saturated carbocycles. The monoisotopic (exact) mass is 411 g/mol. The second-order valence-corrected chi connectivity index (χ2v) is 7.39. The number of carbonyl (C=O) groups excluding carboxylic acids is 1. The molecule has 2 aromatic carbocycles. The predicted molar refractivity (Wildman–Crippen MR) is 116 cm³/mol. The Hall–Kier alpha value is -2.70. The van der Waals surface area contributed by atoms with Crippen LogP contribution in [0.3, 0.4) is 0 Å². The van der Waals surface area contributed by atoms with Gasteiger partial charge in [0.2, 0.25) is 5.82 Å². The SMILES string of the molecule is CC1CCN(C(=O)c2nc(-c3ccccc3)n(-c3ccccc3)n2)C(CN)C1.Cl. The van der Waals surface area contributed by atoms with Crippen molar-refractivity contribution in [1.82, 2.24) is 19.7 Å². The van der Waals surface area contributed by atoms with Crippen LogP contribution in [0.1, 0.15) is 30.4 Å². The van der Waals surface area contributed by atoms with Crippen molar-refractivity contribution in [3.8, 4) is 17.1 Å². The van der Waals surface area contributed by atoms with E-state index in [2.05, 4.69) is 17.0 Å². The van der Waals surface area contributed by atoms with E-state index in [0.717, 1.165) is 24.1 Å². The number of benzene rings is 2. The third-order valence-electron chi connectivity index (χ3n) is 5.34. The van der Waals surface area contributed by atoms with Gasteiger partial charge in [-0.15, -0.1) is 17.5 Å². The molecular weight excluding hydrogens is 386 g/mol. The lowest BCUT2D eigenvalue weighted by molar-refractivity contribution is 0.0561. The summed E-state index contributed by atoms with van der Waals surface area (Å²) in [4.78, 5) is 19.7. The highest BCUT2D eigenvalue weighted by atomic mass is 35.5. The van der Waals surface area contributed by atoms with E-state index in [4.69, 9.17) is 5.73 Å². The van der Waals surface area contributed by atoms with Crippen LogP contribution in [-0.4, -0.2) is 44.7 Å². The molecule has 2 unspecified atom stereocenters. The molecule has 0 bridgehead atoms. The molecule has 1 saturated heterocycles. The van der Waals surface area contributed by atoms with Crippen molar-refractivity contribution in [3.05, 3.63) is 66.5 Å². The predicted octanol–water partition coefficient (Wildman–Crippen LogP) is 3.56. The molecule has 1 fully saturated rings. The van der Waals surface area contributed by atoms with Gasteiger partial charge in [-0.05, 0) is 30.9 Å². The van der Waals surface area contributed by atoms with Gasteiger partial charge >= 0.3 is 0 Å². The summed E-state index contributed by atoms with van der Waals surface area (Å²) in [6, 6.07) is 19.6. The van der Waals surface area contributed by atoms with Crippen molar-refractivity contribution in [3.63, 3.8) is 0 Å². The number of rotatable bonds is 4. The highest BCUT2D eigenvalue weighted by Gasteiger charge is 2.32. The average Bonchev–Trinajstić information content (AvgIpc) is 3.20. The van der Waals surface area contributed by atoms with Crippen LogP contribution in [0.5, 0.6) is 0 Å². The standard InChI is InChI=1S/C22H25N5O.ClH/c1-16-12-13-26(19(14-16)15-23)22(28)20-24-21(17-8-4-2-5-9-17)27(25-20)18-10-6-3-7-11-18;/h2-11,16,19H,12-15,23H2,1H3;1H. The van der Waals surface area contributed by atoms with Crippen LogP contribution in [0.2, 0.25) is 0 Å². The van der Waals surface area contributed by atoms with Crippen LogP contribution in [0, 0.1) is 5.92 Å². The van der Waals surface area contributed by atoms with Crippen LogP contribution in [0.4, 0.5) is 0 Å². The fourth-order valence-corrected chi connectivity index (χ4v) is 3.80. The Kier molecular flexibility index (Phi) is 6.67. The maximum Gasteiger partial charge on any atom is 0.293 e. The minimum atomic E-state index is -0.144. The van der Waals surface area contributed by atoms with E-state index < -0.39 is 0 Å². The number of nitrogens with zero attached hydrogens (tertiary/aromatic N) is 4. The maximum absolute atomic E-state index is 13.2. The van der Waals surface area contributed by atoms with Crippen molar-refractivity contribution in [2.45, 2.75) is 25.8 Å². The molecule has 1 aromatic heterocycles. The fourth-order valence-electron chi connectivity index (χ4n) is 3.80. The Morgan fingerprint density at radius 3 is 2.41 bits per heavy atom. The normalized spacial score (nSPS) is 18.9. The lowest BCUT2D eigenvalue weighted by atomic mass is 9.92. The van der Waals surface area contributed by atoms with Crippen molar-refractivity contribution in [2.75, 3.05) is 13.1 Å². The lowest BCUT2D eigenvalue weighted by Crippen LogP contribution is -2.49. The molecule has 1 aliphatic heterocycles. The number of hydrogen-bond acceptors (Lipinski definition) is 4. The number of likely N-dealkylation sites (tertiary alicyclic amines) is 1. The average molecular weight is 412 g/mol. The van der Waals surface area contributed by atoms with Crippen LogP contribution in [0.25, 0.3) is 17.1 Å². The third kappa shape index (κ3) is 4.33. The van der Waals surface area contributed by atoms with Crippen molar-refractivity contribution >= 4 is 18.3 Å². The van der Waals surface area contributed by atoms with E-state index >= 15 is 0 Å². The molecule has 6 nitrogen and oxygen atoms in total. The molecular formula is C22H26ClN5O. The van der Waals surface area contributed by atoms with Gasteiger partial charge in [0, 0.05) is 24.7 Å². The first kappa shape index (κ1) is 21.0. The molecule has 2 atom stereocenters. The number of carbonyl (C=O) groups is 1. The van der Waals surface area contributed by atoms with Crippen LogP contribution < -0.4 is 5.73 Å². The molecule has 3 aromatic rings. The minimum absolute atomic E-state index is 0. The zero-order valence-corrected chi connectivity index (χ0v) is 17.3. The Labute approximate surface area is 177 Å². The number of piperidine rings is 1. The first-order chi connectivity index (χ1) is 13.7. The number of nitrogens with two attached hydrogens (primary N) is 1. The van der Waals surface area contributed by atoms with Gasteiger partial charge in [0.25, 0.3) is 5.91 Å². The highest BCUT2D eigenvalue weighted by molar-refractivity contribution is 5.91. The first-order valence-electron chi connectivity index (χ1n) is 9.76. The van der Waals surface area contributed by atoms with Crippen molar-refractivity contribution < 1.29 is 4.79 Å². The van der Waals surface area contributed by atoms with Gasteiger partial charge < -0.3 is 10.6 Å². The molecule has 1 amide bonds. The van der Waals surface area contributed by atoms with Crippen LogP contribution in [-0.2, 0) is 0 Å². The molecule has 4 rings (SSSR count). The van der Waals surface area contributed by atoms with E-state index in [-0.39, 0.29) is 30.2 Å². The number of halogens is 1. The summed E-state index contributed by atoms with van der Waals surface area (Å²) in [6.45, 7) is 3.36. The number of hydrogen-bond donors (Lipinski definition) is 1. The first-order valence-corrected chi connectivity index (χ1v) is 9.76. The van der Waals surface area contributed by atoms with E-state index in [1.807, 2.05) is 65.6 Å². The molecule has 29 heavy (non-hydrogen) atoms. The molecule has 0 aliphatic carbocycles. The zero-order chi connectivity index (χ0) is 19.5. The Bertz CT molecular complexity index is 887. The van der Waals surface area contributed by atoms with Crippen LogP contribution in [0.15, 0.2) is 60.7 Å². The summed E-state index contributed by atoms with van der Waals surface area (Å²) in [7, 11) is 0. The lowest BCUT2D eigenvalue weighted by Gasteiger charge is -2.37. The zero-order valence-electron chi connectivity index (χ0n) is 16.4. The number of para-hydroxylation sites is 1. The Balaban J connectivity index is 0.00000240. The maximum atomic E-state index is 13.2. The van der Waals surface area contributed by atoms with Gasteiger partial charge in [0.05, 0.1) is 5.69 Å². The summed E-state index contributed by atoms with van der Waals surface area (Å²) in [6.07, 6.45) is 1.90. The minimum Gasteiger partial charge on any atom is -0.332 e. The second-order valence-electron chi connectivity index (χ2n) is 7.39. The van der Waals surface area contributed by atoms with Gasteiger partial charge in [-0.25, -0.2) is 9.67 Å². The Morgan fingerprint density at radius 1 is 1.10 bits per heavy atom. The smallest absolute Gasteiger partial charge is 0.293 e. The van der Waals surface area contributed by atoms with E-state index in [1.54, 1.807) is 4.68 Å². The van der Waals surface area contributed by atoms with E-state index in [1.165, 1.54) is 0 Å². The number of amides is 1. The van der Waals surface area contributed by atoms with E-state index in [0.29, 0.717) is 24.8 Å². The molecule has 0 radical (unpaired) electrons. The summed E-state index contributed by atoms with van der Waals surface area (Å²) in [5.74, 6) is 1.31. The van der Waals surface area contributed by atoms with Crippen molar-refractivity contribution in [2.24, 2.45) is 11.7 Å². The summed E-state index contributed by atoms with van der Waals surface area (Å²) >= 11 is 0. The van der Waals surface area contributed by atoms with Gasteiger partial charge in [-0.3, -0.25) is 4.79 Å². The molecule has 7 heteroatoms. The summed E-state index contributed by atoms with van der Waals surface area (Å²) < 4.78 is 1.74. The topological polar surface area (TPSA) is 77.0 Å². The van der Waals surface area contributed by atoms with E-state index in [9.17, 15) is 4.79 Å². The molecule has 152 valence electrons. The third-order valence-corrected chi connectivity index (χ3v) is 5.34. The largest absolute Gasteiger partial charge is 0.332 e. The molecule has 2 heterocycles. The second kappa shape index (κ2) is 9.20. The van der Waals surface area contributed by atoms with Gasteiger partial charge in [-0.2, -0.15) is 0 Å².